The van der Waals surface area contributed by atoms with Crippen LogP contribution < -0.4 is 9.50 Å². The van der Waals surface area contributed by atoms with Crippen LogP contribution in [0.25, 0.3) is 0 Å². The van der Waals surface area contributed by atoms with Crippen molar-refractivity contribution in [1.29, 1.82) is 0 Å². The predicted octanol–water partition coefficient (Wildman–Crippen LogP) is 4.82. The van der Waals surface area contributed by atoms with Gasteiger partial charge in [-0.25, -0.2) is 4.79 Å². The van der Waals surface area contributed by atoms with E-state index in [0.717, 1.165) is 23.8 Å². The van der Waals surface area contributed by atoms with E-state index in [9.17, 15) is 13.2 Å². The Bertz CT molecular complexity index is 947. The Kier molecular flexibility index (Phi) is 7.32. The summed E-state index contributed by atoms with van der Waals surface area (Å²) in [5.41, 5.74) is 2.31. The van der Waals surface area contributed by atoms with E-state index >= 15 is 0 Å². The van der Waals surface area contributed by atoms with Crippen LogP contribution in [0.4, 0.5) is 10.5 Å². The minimum Gasteiger partial charge on any atom is -0.383 e. The summed E-state index contributed by atoms with van der Waals surface area (Å²) in [6.07, 6.45) is 1.76. The quantitative estimate of drug-likeness (QED) is 0.646. The monoisotopic (exact) mass is 424 g/mol. The van der Waals surface area contributed by atoms with Crippen molar-refractivity contribution in [3.8, 4) is 5.75 Å². The average molecular weight is 425 g/mol. The van der Waals surface area contributed by atoms with Gasteiger partial charge in [0.25, 0.3) is 0 Å². The lowest BCUT2D eigenvalue weighted by molar-refractivity contribution is 0.187. The number of carbonyl (C=O) groups excluding carboxylic acids is 1. The third-order valence-electron chi connectivity index (χ3n) is 4.31. The molecule has 0 saturated heterocycles. The fourth-order valence-electron chi connectivity index (χ4n) is 2.58. The van der Waals surface area contributed by atoms with Gasteiger partial charge in [0.05, 0.1) is 6.26 Å². The molecule has 8 heteroatoms. The molecule has 0 radical (unpaired) electrons. The van der Waals surface area contributed by atoms with Crippen LogP contribution in [-0.4, -0.2) is 31.6 Å². The number of aryl methyl sites for hydroxylation is 1. The number of anilines is 1. The number of nitrogens with one attached hydrogen (secondary N) is 1. The topological polar surface area (TPSA) is 75.7 Å². The van der Waals surface area contributed by atoms with E-state index < -0.39 is 10.1 Å². The second kappa shape index (κ2) is 9.30. The van der Waals surface area contributed by atoms with Gasteiger partial charge in [-0.1, -0.05) is 36.7 Å². The maximum absolute atomic E-state index is 12.9. The van der Waals surface area contributed by atoms with Gasteiger partial charge in [-0.2, -0.15) is 8.42 Å². The van der Waals surface area contributed by atoms with Crippen LogP contribution in [0.1, 0.15) is 31.4 Å². The van der Waals surface area contributed by atoms with Crippen LogP contribution in [0.5, 0.6) is 5.75 Å². The fourth-order valence-corrected chi connectivity index (χ4v) is 3.22. The third kappa shape index (κ3) is 6.42. The van der Waals surface area contributed by atoms with Gasteiger partial charge in [-0.15, -0.1) is 0 Å². The van der Waals surface area contributed by atoms with Crippen molar-refractivity contribution < 1.29 is 17.4 Å². The Balaban J connectivity index is 2.20. The molecule has 2 amide bonds. The van der Waals surface area contributed by atoms with Crippen molar-refractivity contribution in [2.45, 2.75) is 39.8 Å². The smallest absolute Gasteiger partial charge is 0.322 e. The summed E-state index contributed by atoms with van der Waals surface area (Å²) < 4.78 is 27.6. The Hall–Kier alpha value is -2.25. The summed E-state index contributed by atoms with van der Waals surface area (Å²) in [5.74, 6) is 0.217. The molecule has 2 rings (SSSR count). The molecule has 0 aliphatic rings. The summed E-state index contributed by atoms with van der Waals surface area (Å²) in [6.45, 7) is 6.15. The fraction of sp³-hybridized carbons (Fsp3) is 0.350. The summed E-state index contributed by atoms with van der Waals surface area (Å²) in [4.78, 5) is 14.6. The molecule has 152 valence electrons. The van der Waals surface area contributed by atoms with Crippen LogP contribution in [0.2, 0.25) is 5.02 Å². The lowest BCUT2D eigenvalue weighted by Gasteiger charge is -2.29. The minimum absolute atomic E-state index is 0.0274. The standard InChI is InChI=1S/C20H25ClN2O4S/c1-5-15(3)23(20(24)22-17-10-9-14(2)19(21)12-17)13-16-7-6-8-18(11-16)27-28(4,25)26/h6-12,15H,5,13H2,1-4H3,(H,22,24). The molecule has 6 nitrogen and oxygen atoms in total. The molecule has 1 N–H and O–H groups in total. The van der Waals surface area contributed by atoms with Crippen molar-refractivity contribution in [2.24, 2.45) is 0 Å². The molecule has 2 aromatic carbocycles. The zero-order chi connectivity index (χ0) is 20.9. The molecule has 0 aromatic heterocycles. The van der Waals surface area contributed by atoms with E-state index in [-0.39, 0.29) is 17.8 Å². The molecule has 28 heavy (non-hydrogen) atoms. The van der Waals surface area contributed by atoms with E-state index in [1.54, 1.807) is 35.2 Å². The average Bonchev–Trinajstić information content (AvgIpc) is 2.61. The highest BCUT2D eigenvalue weighted by Gasteiger charge is 2.20. The molecule has 0 aliphatic heterocycles. The second-order valence-corrected chi connectivity index (χ2v) is 8.70. The van der Waals surface area contributed by atoms with Crippen molar-refractivity contribution in [3.05, 3.63) is 58.6 Å². The zero-order valence-corrected chi connectivity index (χ0v) is 18.0. The number of carbonyl (C=O) groups is 1. The van der Waals surface area contributed by atoms with Gasteiger partial charge in [0.2, 0.25) is 0 Å². The second-order valence-electron chi connectivity index (χ2n) is 6.71. The number of halogens is 1. The van der Waals surface area contributed by atoms with Gasteiger partial charge in [-0.3, -0.25) is 0 Å². The van der Waals surface area contributed by atoms with Gasteiger partial charge in [0, 0.05) is 23.3 Å². The van der Waals surface area contributed by atoms with Crippen LogP contribution in [0.15, 0.2) is 42.5 Å². The molecule has 0 bridgehead atoms. The van der Waals surface area contributed by atoms with Crippen LogP contribution >= 0.6 is 11.6 Å². The van der Waals surface area contributed by atoms with E-state index in [4.69, 9.17) is 15.8 Å². The van der Waals surface area contributed by atoms with E-state index in [0.29, 0.717) is 17.3 Å². The first-order valence-electron chi connectivity index (χ1n) is 8.91. The number of urea groups is 1. The van der Waals surface area contributed by atoms with Crippen molar-refractivity contribution in [1.82, 2.24) is 4.90 Å². The Morgan fingerprint density at radius 2 is 1.96 bits per heavy atom. The number of rotatable bonds is 7. The number of hydrogen-bond donors (Lipinski definition) is 1. The zero-order valence-electron chi connectivity index (χ0n) is 16.4. The normalized spacial score (nSPS) is 12.3. The van der Waals surface area contributed by atoms with Crippen LogP contribution in [-0.2, 0) is 16.7 Å². The van der Waals surface area contributed by atoms with Gasteiger partial charge in [0.15, 0.2) is 0 Å². The molecule has 1 atom stereocenters. The summed E-state index contributed by atoms with van der Waals surface area (Å²) in [6, 6.07) is 11.8. The first-order valence-corrected chi connectivity index (χ1v) is 11.1. The van der Waals surface area contributed by atoms with E-state index in [1.165, 1.54) is 0 Å². The highest BCUT2D eigenvalue weighted by Crippen LogP contribution is 2.22. The summed E-state index contributed by atoms with van der Waals surface area (Å²) >= 11 is 6.14. The molecular weight excluding hydrogens is 400 g/mol. The molecule has 0 saturated carbocycles. The first-order chi connectivity index (χ1) is 13.1. The highest BCUT2D eigenvalue weighted by molar-refractivity contribution is 7.86. The maximum atomic E-state index is 12.9. The SMILES string of the molecule is CCC(C)N(Cc1cccc(OS(C)(=O)=O)c1)C(=O)Nc1ccc(C)c(Cl)c1. The molecular formula is C20H25ClN2O4S. The number of benzene rings is 2. The van der Waals surface area contributed by atoms with E-state index in [1.807, 2.05) is 32.9 Å². The van der Waals surface area contributed by atoms with Crippen molar-refractivity contribution in [3.63, 3.8) is 0 Å². The lowest BCUT2D eigenvalue weighted by Crippen LogP contribution is -2.40. The molecule has 1 unspecified atom stereocenters. The summed E-state index contributed by atoms with van der Waals surface area (Å²) in [7, 11) is -3.61. The van der Waals surface area contributed by atoms with Gasteiger partial charge < -0.3 is 14.4 Å². The molecule has 0 spiro atoms. The molecule has 0 fully saturated rings. The summed E-state index contributed by atoms with van der Waals surface area (Å²) in [5, 5.41) is 3.46. The van der Waals surface area contributed by atoms with Crippen molar-refractivity contribution >= 4 is 33.4 Å². The molecule has 0 aliphatic carbocycles. The number of amides is 2. The largest absolute Gasteiger partial charge is 0.383 e. The maximum Gasteiger partial charge on any atom is 0.322 e. The number of nitrogens with zero attached hydrogens (tertiary/aromatic N) is 1. The van der Waals surface area contributed by atoms with E-state index in [2.05, 4.69) is 5.32 Å². The predicted molar refractivity (Wildman–Crippen MR) is 112 cm³/mol. The third-order valence-corrected chi connectivity index (χ3v) is 5.21. The molecule has 0 heterocycles. The van der Waals surface area contributed by atoms with Crippen LogP contribution in [0, 0.1) is 6.92 Å². The Morgan fingerprint density at radius 3 is 2.57 bits per heavy atom. The Morgan fingerprint density at radius 1 is 1.25 bits per heavy atom. The van der Waals surface area contributed by atoms with Gasteiger partial charge in [0.1, 0.15) is 5.75 Å². The van der Waals surface area contributed by atoms with Crippen molar-refractivity contribution in [2.75, 3.05) is 11.6 Å². The number of hydrogen-bond acceptors (Lipinski definition) is 4. The first kappa shape index (κ1) is 22.0. The van der Waals surface area contributed by atoms with Crippen LogP contribution in [0.3, 0.4) is 0 Å². The molecule has 2 aromatic rings. The highest BCUT2D eigenvalue weighted by atomic mass is 35.5. The Labute approximate surface area is 171 Å². The minimum atomic E-state index is -3.61. The van der Waals surface area contributed by atoms with Gasteiger partial charge >= 0.3 is 16.1 Å². The van der Waals surface area contributed by atoms with Gasteiger partial charge in [-0.05, 0) is 55.7 Å². The lowest BCUT2D eigenvalue weighted by atomic mass is 10.1.